The second kappa shape index (κ2) is 5.52. The van der Waals surface area contributed by atoms with Crippen LogP contribution in [-0.4, -0.2) is 16.7 Å². The van der Waals surface area contributed by atoms with Gasteiger partial charge in [-0.3, -0.25) is 0 Å². The van der Waals surface area contributed by atoms with Crippen LogP contribution >= 0.6 is 0 Å². The van der Waals surface area contributed by atoms with E-state index in [0.717, 1.165) is 38.3 Å². The molecule has 1 fully saturated rings. The van der Waals surface area contributed by atoms with E-state index in [0.29, 0.717) is 5.89 Å². The van der Waals surface area contributed by atoms with Gasteiger partial charge in [0.2, 0.25) is 11.7 Å². The van der Waals surface area contributed by atoms with Crippen molar-refractivity contribution in [3.8, 4) is 11.4 Å². The first kappa shape index (κ1) is 14.1. The lowest BCUT2D eigenvalue weighted by Crippen LogP contribution is -2.36. The van der Waals surface area contributed by atoms with Gasteiger partial charge in [0.25, 0.3) is 0 Å². The molecular formula is C15H17F2N3O. The zero-order chi connectivity index (χ0) is 14.9. The highest BCUT2D eigenvalue weighted by Gasteiger charge is 2.39. The van der Waals surface area contributed by atoms with E-state index in [1.807, 2.05) is 0 Å². The Morgan fingerprint density at radius 1 is 1.29 bits per heavy atom. The van der Waals surface area contributed by atoms with Crippen molar-refractivity contribution in [3.05, 3.63) is 35.7 Å². The van der Waals surface area contributed by atoms with Gasteiger partial charge in [0.1, 0.15) is 11.6 Å². The third-order valence-electron chi connectivity index (χ3n) is 3.88. The lowest BCUT2D eigenvalue weighted by atomic mass is 9.92. The van der Waals surface area contributed by atoms with E-state index in [1.165, 1.54) is 12.1 Å². The first-order valence-corrected chi connectivity index (χ1v) is 7.19. The van der Waals surface area contributed by atoms with Gasteiger partial charge in [-0.1, -0.05) is 18.5 Å². The minimum Gasteiger partial charge on any atom is -0.337 e. The van der Waals surface area contributed by atoms with Crippen LogP contribution in [0.4, 0.5) is 8.78 Å². The van der Waals surface area contributed by atoms with E-state index >= 15 is 0 Å². The van der Waals surface area contributed by atoms with Gasteiger partial charge in [0, 0.05) is 11.6 Å². The maximum absolute atomic E-state index is 13.3. The molecule has 21 heavy (non-hydrogen) atoms. The highest BCUT2D eigenvalue weighted by Crippen LogP contribution is 2.35. The van der Waals surface area contributed by atoms with Gasteiger partial charge in [-0.2, -0.15) is 4.98 Å². The number of hydrogen-bond acceptors (Lipinski definition) is 4. The highest BCUT2D eigenvalue weighted by atomic mass is 19.1. The first-order chi connectivity index (χ1) is 10.1. The summed E-state index contributed by atoms with van der Waals surface area (Å²) >= 11 is 0. The van der Waals surface area contributed by atoms with Crippen molar-refractivity contribution in [1.82, 2.24) is 15.5 Å². The summed E-state index contributed by atoms with van der Waals surface area (Å²) in [5, 5.41) is 7.31. The van der Waals surface area contributed by atoms with Crippen LogP contribution in [0.3, 0.4) is 0 Å². The molecule has 1 aliphatic heterocycles. The monoisotopic (exact) mass is 293 g/mol. The summed E-state index contributed by atoms with van der Waals surface area (Å²) < 4.78 is 31.9. The highest BCUT2D eigenvalue weighted by molar-refractivity contribution is 5.54. The smallest absolute Gasteiger partial charge is 0.247 e. The summed E-state index contributed by atoms with van der Waals surface area (Å²) in [5.41, 5.74) is -0.0153. The van der Waals surface area contributed by atoms with Gasteiger partial charge in [0.15, 0.2) is 0 Å². The number of benzene rings is 1. The van der Waals surface area contributed by atoms with E-state index in [1.54, 1.807) is 0 Å². The molecule has 0 bridgehead atoms. The third kappa shape index (κ3) is 2.68. The lowest BCUT2D eigenvalue weighted by molar-refractivity contribution is 0.241. The molecule has 1 unspecified atom stereocenters. The molecule has 0 spiro atoms. The fourth-order valence-electron chi connectivity index (χ4n) is 2.95. The Morgan fingerprint density at radius 2 is 2.05 bits per heavy atom. The Morgan fingerprint density at radius 3 is 2.67 bits per heavy atom. The Bertz CT molecular complexity index is 615. The molecule has 1 saturated heterocycles. The number of hydrogen-bond donors (Lipinski definition) is 1. The molecule has 6 heteroatoms. The molecule has 3 rings (SSSR count). The van der Waals surface area contributed by atoms with Crippen molar-refractivity contribution in [2.45, 2.75) is 38.1 Å². The Kier molecular flexibility index (Phi) is 3.71. The SMILES string of the molecule is CCCC1(c2nc(-c3cc(F)cc(F)c3)no2)CCCN1. The summed E-state index contributed by atoms with van der Waals surface area (Å²) in [4.78, 5) is 4.36. The van der Waals surface area contributed by atoms with Crippen LogP contribution in [0.15, 0.2) is 22.7 Å². The zero-order valence-electron chi connectivity index (χ0n) is 11.8. The second-order valence-corrected chi connectivity index (χ2v) is 5.44. The van der Waals surface area contributed by atoms with E-state index in [2.05, 4.69) is 22.4 Å². The molecule has 4 nitrogen and oxygen atoms in total. The molecule has 2 heterocycles. The van der Waals surface area contributed by atoms with E-state index < -0.39 is 11.6 Å². The van der Waals surface area contributed by atoms with Crippen molar-refractivity contribution in [3.63, 3.8) is 0 Å². The van der Waals surface area contributed by atoms with Gasteiger partial charge < -0.3 is 9.84 Å². The third-order valence-corrected chi connectivity index (χ3v) is 3.88. The van der Waals surface area contributed by atoms with E-state index in [9.17, 15) is 8.78 Å². The summed E-state index contributed by atoms with van der Waals surface area (Å²) in [5.74, 6) is -0.591. The predicted octanol–water partition coefficient (Wildman–Crippen LogP) is 3.39. The average molecular weight is 293 g/mol. The normalized spacial score (nSPS) is 21.9. The maximum Gasteiger partial charge on any atom is 0.247 e. The van der Waals surface area contributed by atoms with Crippen LogP contribution in [0, 0.1) is 11.6 Å². The Balaban J connectivity index is 1.95. The van der Waals surface area contributed by atoms with Crippen molar-refractivity contribution < 1.29 is 13.3 Å². The fourth-order valence-corrected chi connectivity index (χ4v) is 2.95. The number of nitrogens with zero attached hydrogens (tertiary/aromatic N) is 2. The summed E-state index contributed by atoms with van der Waals surface area (Å²) in [6.07, 6.45) is 3.86. The first-order valence-electron chi connectivity index (χ1n) is 7.19. The minimum absolute atomic E-state index is 0.215. The lowest BCUT2D eigenvalue weighted by Gasteiger charge is -2.24. The number of aromatic nitrogens is 2. The zero-order valence-corrected chi connectivity index (χ0v) is 11.8. The van der Waals surface area contributed by atoms with Gasteiger partial charge in [-0.05, 0) is 37.9 Å². The number of nitrogens with one attached hydrogen (secondary N) is 1. The van der Waals surface area contributed by atoms with Crippen molar-refractivity contribution >= 4 is 0 Å². The predicted molar refractivity (Wildman–Crippen MR) is 73.5 cm³/mol. The van der Waals surface area contributed by atoms with Crippen LogP contribution in [0.1, 0.15) is 38.5 Å². The van der Waals surface area contributed by atoms with Crippen LogP contribution in [0.5, 0.6) is 0 Å². The summed E-state index contributed by atoms with van der Waals surface area (Å²) in [6.45, 7) is 3.01. The molecule has 0 radical (unpaired) electrons. The molecule has 1 N–H and O–H groups in total. The van der Waals surface area contributed by atoms with Crippen molar-refractivity contribution in [1.29, 1.82) is 0 Å². The molecule has 0 amide bonds. The van der Waals surface area contributed by atoms with Crippen LogP contribution < -0.4 is 5.32 Å². The Hall–Kier alpha value is -1.82. The molecule has 0 aliphatic carbocycles. The average Bonchev–Trinajstić information content (AvgIpc) is 3.07. The summed E-state index contributed by atoms with van der Waals surface area (Å²) in [7, 11) is 0. The molecule has 1 aliphatic rings. The molecule has 1 atom stereocenters. The molecule has 1 aromatic heterocycles. The molecule has 2 aromatic rings. The maximum atomic E-state index is 13.3. The fraction of sp³-hybridized carbons (Fsp3) is 0.467. The van der Waals surface area contributed by atoms with Crippen molar-refractivity contribution in [2.24, 2.45) is 0 Å². The number of halogens is 2. The molecular weight excluding hydrogens is 276 g/mol. The standard InChI is InChI=1S/C15H17F2N3O/c1-2-4-15(5-3-6-18-15)14-19-13(20-21-14)10-7-11(16)9-12(17)8-10/h7-9,18H,2-6H2,1H3. The minimum atomic E-state index is -0.654. The van der Waals surface area contributed by atoms with Gasteiger partial charge in [-0.25, -0.2) is 8.78 Å². The van der Waals surface area contributed by atoms with Gasteiger partial charge in [-0.15, -0.1) is 0 Å². The molecule has 1 aromatic carbocycles. The van der Waals surface area contributed by atoms with E-state index in [4.69, 9.17) is 4.52 Å². The van der Waals surface area contributed by atoms with Crippen LogP contribution in [0.25, 0.3) is 11.4 Å². The second-order valence-electron chi connectivity index (χ2n) is 5.44. The van der Waals surface area contributed by atoms with Crippen molar-refractivity contribution in [2.75, 3.05) is 6.54 Å². The Labute approximate surface area is 121 Å². The molecule has 112 valence electrons. The van der Waals surface area contributed by atoms with E-state index in [-0.39, 0.29) is 16.9 Å². The largest absolute Gasteiger partial charge is 0.337 e. The van der Waals surface area contributed by atoms with Crippen LogP contribution in [0.2, 0.25) is 0 Å². The van der Waals surface area contributed by atoms with Gasteiger partial charge >= 0.3 is 0 Å². The quantitative estimate of drug-likeness (QED) is 0.938. The summed E-state index contributed by atoms with van der Waals surface area (Å²) in [6, 6.07) is 3.22. The topological polar surface area (TPSA) is 51.0 Å². The van der Waals surface area contributed by atoms with Crippen LogP contribution in [-0.2, 0) is 5.54 Å². The molecule has 0 saturated carbocycles. The number of rotatable bonds is 4. The van der Waals surface area contributed by atoms with Gasteiger partial charge in [0.05, 0.1) is 5.54 Å².